The highest BCUT2D eigenvalue weighted by molar-refractivity contribution is 14.1. The van der Waals surface area contributed by atoms with Crippen LogP contribution in [-0.4, -0.2) is 34.5 Å². The molecule has 0 amide bonds. The zero-order chi connectivity index (χ0) is 11.8. The van der Waals surface area contributed by atoms with Crippen LogP contribution < -0.4 is 0 Å². The maximum absolute atomic E-state index is 11.2. The van der Waals surface area contributed by atoms with Crippen LogP contribution in [0.25, 0.3) is 0 Å². The molecule has 0 aliphatic rings. The molecule has 4 nitrogen and oxygen atoms in total. The minimum atomic E-state index is -0.518. The second-order valence-corrected chi connectivity index (χ2v) is 4.29. The number of hydrogen-bond acceptors (Lipinski definition) is 4. The SMILES string of the molecule is CC(C)OC(=O)CC(CI)OC(=O)CCl. The molecule has 0 radical (unpaired) electrons. The average molecular weight is 349 g/mol. The van der Waals surface area contributed by atoms with Crippen molar-refractivity contribution in [1.82, 2.24) is 0 Å². The van der Waals surface area contributed by atoms with E-state index >= 15 is 0 Å². The van der Waals surface area contributed by atoms with Crippen molar-refractivity contribution >= 4 is 46.1 Å². The monoisotopic (exact) mass is 348 g/mol. The summed E-state index contributed by atoms with van der Waals surface area (Å²) in [6.07, 6.45) is -0.539. The molecule has 0 bridgehead atoms. The Hall–Kier alpha value is -0.0400. The van der Waals surface area contributed by atoms with Crippen molar-refractivity contribution in [2.45, 2.75) is 32.5 Å². The number of esters is 2. The van der Waals surface area contributed by atoms with E-state index in [0.29, 0.717) is 4.43 Å². The molecular weight excluding hydrogens is 334 g/mol. The van der Waals surface area contributed by atoms with Gasteiger partial charge in [0.05, 0.1) is 12.5 Å². The van der Waals surface area contributed by atoms with Gasteiger partial charge in [-0.25, -0.2) is 0 Å². The molecule has 0 N–H and O–H groups in total. The molecule has 0 rings (SSSR count). The van der Waals surface area contributed by atoms with Crippen LogP contribution in [-0.2, 0) is 19.1 Å². The van der Waals surface area contributed by atoms with Crippen LogP contribution in [0.3, 0.4) is 0 Å². The maximum atomic E-state index is 11.2. The van der Waals surface area contributed by atoms with E-state index in [9.17, 15) is 9.59 Å². The van der Waals surface area contributed by atoms with E-state index in [1.807, 2.05) is 22.6 Å². The number of alkyl halides is 2. The van der Waals surface area contributed by atoms with Gasteiger partial charge in [0.15, 0.2) is 0 Å². The molecule has 0 spiro atoms. The molecule has 15 heavy (non-hydrogen) atoms. The summed E-state index contributed by atoms with van der Waals surface area (Å²) in [6, 6.07) is 0. The number of ether oxygens (including phenoxy) is 2. The van der Waals surface area contributed by atoms with Gasteiger partial charge in [-0.1, -0.05) is 22.6 Å². The molecule has 0 aliphatic heterocycles. The smallest absolute Gasteiger partial charge is 0.321 e. The summed E-state index contributed by atoms with van der Waals surface area (Å²) in [7, 11) is 0. The summed E-state index contributed by atoms with van der Waals surface area (Å²) in [5, 5.41) is 0. The van der Waals surface area contributed by atoms with Crippen LogP contribution in [0.2, 0.25) is 0 Å². The molecule has 0 fully saturated rings. The summed E-state index contributed by atoms with van der Waals surface area (Å²) in [4.78, 5) is 22.1. The van der Waals surface area contributed by atoms with Crippen LogP contribution in [0, 0.1) is 0 Å². The predicted octanol–water partition coefficient (Wildman–Crippen LogP) is 1.91. The van der Waals surface area contributed by atoms with Gasteiger partial charge >= 0.3 is 11.9 Å². The predicted molar refractivity (Wildman–Crippen MR) is 65.3 cm³/mol. The highest BCUT2D eigenvalue weighted by Crippen LogP contribution is 2.07. The van der Waals surface area contributed by atoms with Gasteiger partial charge in [0.25, 0.3) is 0 Å². The molecule has 1 unspecified atom stereocenters. The minimum Gasteiger partial charge on any atom is -0.463 e. The molecule has 0 aromatic carbocycles. The van der Waals surface area contributed by atoms with Gasteiger partial charge in [0, 0.05) is 4.43 Å². The molecule has 1 atom stereocenters. The highest BCUT2D eigenvalue weighted by atomic mass is 127. The van der Waals surface area contributed by atoms with Gasteiger partial charge in [-0.15, -0.1) is 11.6 Å². The van der Waals surface area contributed by atoms with Gasteiger partial charge in [-0.2, -0.15) is 0 Å². The standard InChI is InChI=1S/C9H14ClIO4/c1-6(2)14-8(12)3-7(5-11)15-9(13)4-10/h6-7H,3-5H2,1-2H3. The van der Waals surface area contributed by atoms with Gasteiger partial charge in [0.1, 0.15) is 12.0 Å². The fourth-order valence-electron chi connectivity index (χ4n) is 0.842. The first-order chi connectivity index (χ1) is 6.99. The largest absolute Gasteiger partial charge is 0.463 e. The third-order valence-corrected chi connectivity index (χ3v) is 2.54. The first-order valence-corrected chi connectivity index (χ1v) is 6.56. The molecule has 0 heterocycles. The summed E-state index contributed by atoms with van der Waals surface area (Å²) in [5.74, 6) is -1.09. The average Bonchev–Trinajstić information content (AvgIpc) is 2.15. The Labute approximate surface area is 108 Å². The van der Waals surface area contributed by atoms with E-state index in [1.165, 1.54) is 0 Å². The van der Waals surface area contributed by atoms with Crippen LogP contribution in [0.1, 0.15) is 20.3 Å². The molecule has 0 aromatic rings. The van der Waals surface area contributed by atoms with Gasteiger partial charge in [-0.3, -0.25) is 9.59 Å². The van der Waals surface area contributed by atoms with Gasteiger partial charge < -0.3 is 9.47 Å². The quantitative estimate of drug-likeness (QED) is 0.418. The zero-order valence-corrected chi connectivity index (χ0v) is 11.6. The fraction of sp³-hybridized carbons (Fsp3) is 0.778. The lowest BCUT2D eigenvalue weighted by Gasteiger charge is -2.15. The Morgan fingerprint density at radius 1 is 1.27 bits per heavy atom. The Morgan fingerprint density at radius 2 is 1.87 bits per heavy atom. The van der Waals surface area contributed by atoms with Gasteiger partial charge in [-0.05, 0) is 13.8 Å². The van der Waals surface area contributed by atoms with Crippen molar-refractivity contribution in [3.8, 4) is 0 Å². The summed E-state index contributed by atoms with van der Waals surface area (Å²) >= 11 is 7.32. The lowest BCUT2D eigenvalue weighted by atomic mass is 10.3. The van der Waals surface area contributed by atoms with Crippen LogP contribution in [0.5, 0.6) is 0 Å². The molecule has 0 aliphatic carbocycles. The first kappa shape index (κ1) is 15.0. The molecule has 6 heteroatoms. The van der Waals surface area contributed by atoms with Crippen LogP contribution in [0.4, 0.5) is 0 Å². The highest BCUT2D eigenvalue weighted by Gasteiger charge is 2.18. The number of rotatable bonds is 6. The Kier molecular flexibility index (Phi) is 8.13. The number of halogens is 2. The third kappa shape index (κ3) is 7.84. The second kappa shape index (κ2) is 8.15. The lowest BCUT2D eigenvalue weighted by molar-refractivity contribution is -0.154. The van der Waals surface area contributed by atoms with E-state index in [1.54, 1.807) is 13.8 Å². The summed E-state index contributed by atoms with van der Waals surface area (Å²) in [5.41, 5.74) is 0. The Morgan fingerprint density at radius 3 is 2.27 bits per heavy atom. The van der Waals surface area contributed by atoms with E-state index in [-0.39, 0.29) is 24.4 Å². The van der Waals surface area contributed by atoms with E-state index in [0.717, 1.165) is 0 Å². The normalized spacial score (nSPS) is 12.3. The van der Waals surface area contributed by atoms with Crippen molar-refractivity contribution in [3.05, 3.63) is 0 Å². The van der Waals surface area contributed by atoms with Crippen molar-refractivity contribution in [2.75, 3.05) is 10.3 Å². The molecule has 88 valence electrons. The van der Waals surface area contributed by atoms with E-state index in [4.69, 9.17) is 21.1 Å². The van der Waals surface area contributed by atoms with Crippen molar-refractivity contribution in [2.24, 2.45) is 0 Å². The van der Waals surface area contributed by atoms with E-state index < -0.39 is 12.1 Å². The van der Waals surface area contributed by atoms with Crippen molar-refractivity contribution < 1.29 is 19.1 Å². The van der Waals surface area contributed by atoms with Crippen molar-refractivity contribution in [3.63, 3.8) is 0 Å². The second-order valence-electron chi connectivity index (χ2n) is 3.14. The first-order valence-electron chi connectivity index (χ1n) is 4.50. The van der Waals surface area contributed by atoms with Crippen LogP contribution in [0.15, 0.2) is 0 Å². The molecular formula is C9H14ClIO4. The van der Waals surface area contributed by atoms with Gasteiger partial charge in [0.2, 0.25) is 0 Å². The number of hydrogen-bond donors (Lipinski definition) is 0. The summed E-state index contributed by atoms with van der Waals surface area (Å²) in [6.45, 7) is 3.53. The van der Waals surface area contributed by atoms with Crippen molar-refractivity contribution in [1.29, 1.82) is 0 Å². The topological polar surface area (TPSA) is 52.6 Å². The maximum Gasteiger partial charge on any atom is 0.321 e. The minimum absolute atomic E-state index is 0.0732. The molecule has 0 aromatic heterocycles. The van der Waals surface area contributed by atoms with E-state index in [2.05, 4.69) is 0 Å². The number of carbonyl (C=O) groups excluding carboxylic acids is 2. The summed E-state index contributed by atoms with van der Waals surface area (Å²) < 4.78 is 10.4. The van der Waals surface area contributed by atoms with Crippen LogP contribution >= 0.6 is 34.2 Å². The third-order valence-electron chi connectivity index (χ3n) is 1.34. The molecule has 0 saturated carbocycles. The zero-order valence-electron chi connectivity index (χ0n) is 8.66. The fourth-order valence-corrected chi connectivity index (χ4v) is 1.40. The lowest BCUT2D eigenvalue weighted by Crippen LogP contribution is -2.25. The molecule has 0 saturated heterocycles. The number of carbonyl (C=O) groups is 2. The Bertz CT molecular complexity index is 220. The Balaban J connectivity index is 3.98.